The van der Waals surface area contributed by atoms with Gasteiger partial charge in [-0.2, -0.15) is 0 Å². The third-order valence-electron chi connectivity index (χ3n) is 4.57. The Hall–Kier alpha value is -3.65. The van der Waals surface area contributed by atoms with Crippen LogP contribution in [-0.4, -0.2) is 32.0 Å². The number of esters is 1. The van der Waals surface area contributed by atoms with E-state index in [1.165, 1.54) is 23.9 Å². The summed E-state index contributed by atoms with van der Waals surface area (Å²) in [5.74, 6) is -0.0764. The largest absolute Gasteiger partial charge is 0.487 e. The van der Waals surface area contributed by atoms with Gasteiger partial charge in [-0.1, -0.05) is 11.6 Å². The molecule has 8 nitrogen and oxygen atoms in total. The molecule has 4 aromatic rings. The average molecular weight is 425 g/mol. The number of hydrogen-bond donors (Lipinski definition) is 0. The number of ether oxygens (including phenoxy) is 2. The molecule has 0 radical (unpaired) electrons. The highest BCUT2D eigenvalue weighted by Crippen LogP contribution is 2.17. The Labute approximate surface area is 176 Å². The second kappa shape index (κ2) is 8.00. The van der Waals surface area contributed by atoms with Crippen molar-refractivity contribution in [2.24, 2.45) is 0 Å². The molecular weight excluding hydrogens is 408 g/mol. The number of pyridine rings is 3. The highest BCUT2D eigenvalue weighted by Gasteiger charge is 2.16. The zero-order chi connectivity index (χ0) is 21.3. The predicted octanol–water partition coefficient (Wildman–Crippen LogP) is 3.21. The van der Waals surface area contributed by atoms with Crippen LogP contribution in [0, 0.1) is 6.92 Å². The topological polar surface area (TPSA) is 87.7 Å². The van der Waals surface area contributed by atoms with E-state index in [0.717, 1.165) is 0 Å². The summed E-state index contributed by atoms with van der Waals surface area (Å²) < 4.78 is 13.6. The van der Waals surface area contributed by atoms with Gasteiger partial charge < -0.3 is 13.9 Å². The molecule has 0 N–H and O–H groups in total. The number of carbonyl (C=O) groups excluding carboxylic acids is 1. The second-order valence-electron chi connectivity index (χ2n) is 6.48. The summed E-state index contributed by atoms with van der Waals surface area (Å²) in [6.45, 7) is 1.98. The fraction of sp³-hybridized carbons (Fsp3) is 0.143. The number of imidazole rings is 1. The van der Waals surface area contributed by atoms with Crippen molar-refractivity contribution in [3.63, 3.8) is 0 Å². The van der Waals surface area contributed by atoms with E-state index in [4.69, 9.17) is 21.1 Å². The van der Waals surface area contributed by atoms with Crippen molar-refractivity contribution in [1.82, 2.24) is 18.9 Å². The van der Waals surface area contributed by atoms with Gasteiger partial charge in [0.25, 0.3) is 5.56 Å². The van der Waals surface area contributed by atoms with E-state index in [0.29, 0.717) is 33.5 Å². The van der Waals surface area contributed by atoms with Crippen molar-refractivity contribution >= 4 is 23.2 Å². The summed E-state index contributed by atoms with van der Waals surface area (Å²) in [5, 5.41) is 0.546. The summed E-state index contributed by atoms with van der Waals surface area (Å²) in [7, 11) is 1.31. The number of halogens is 1. The number of nitrogens with zero attached hydrogens (tertiary/aromatic N) is 4. The number of methoxy groups -OCH3 is 1. The highest BCUT2D eigenvalue weighted by atomic mass is 35.5. The van der Waals surface area contributed by atoms with Crippen LogP contribution in [0.1, 0.15) is 21.9 Å². The Bertz CT molecular complexity index is 1290. The van der Waals surface area contributed by atoms with E-state index in [2.05, 4.69) is 9.97 Å². The van der Waals surface area contributed by atoms with E-state index in [1.807, 2.05) is 0 Å². The van der Waals surface area contributed by atoms with Crippen LogP contribution in [0.5, 0.6) is 5.75 Å². The Morgan fingerprint density at radius 1 is 1.20 bits per heavy atom. The number of rotatable bonds is 5. The number of aryl methyl sites for hydroxylation is 1. The lowest BCUT2D eigenvalue weighted by molar-refractivity contribution is 0.0594. The first-order valence-corrected chi connectivity index (χ1v) is 9.37. The molecule has 0 aliphatic rings. The SMILES string of the molecule is COC(=O)c1nc2ccc(-n3ccc(OCc4ccc(Cl)cn4)cc3=O)cn2c1C. The average Bonchev–Trinajstić information content (AvgIpc) is 3.09. The molecule has 0 amide bonds. The number of carbonyl (C=O) groups is 1. The summed E-state index contributed by atoms with van der Waals surface area (Å²) in [5.41, 5.74) is 2.51. The lowest BCUT2D eigenvalue weighted by Crippen LogP contribution is -2.17. The summed E-state index contributed by atoms with van der Waals surface area (Å²) in [6, 6.07) is 10.1. The molecule has 9 heteroatoms. The zero-order valence-electron chi connectivity index (χ0n) is 16.2. The van der Waals surface area contributed by atoms with Gasteiger partial charge in [-0.25, -0.2) is 9.78 Å². The third-order valence-corrected chi connectivity index (χ3v) is 4.79. The van der Waals surface area contributed by atoms with Gasteiger partial charge in [-0.05, 0) is 37.3 Å². The van der Waals surface area contributed by atoms with E-state index >= 15 is 0 Å². The summed E-state index contributed by atoms with van der Waals surface area (Å²) in [6.07, 6.45) is 4.91. The molecular formula is C21H17ClN4O4. The molecule has 0 bridgehead atoms. The lowest BCUT2D eigenvalue weighted by Gasteiger charge is -2.09. The van der Waals surface area contributed by atoms with Gasteiger partial charge in [-0.3, -0.25) is 14.3 Å². The van der Waals surface area contributed by atoms with Crippen molar-refractivity contribution < 1.29 is 14.3 Å². The summed E-state index contributed by atoms with van der Waals surface area (Å²) >= 11 is 5.82. The molecule has 0 aromatic carbocycles. The van der Waals surface area contributed by atoms with Crippen LogP contribution in [0.25, 0.3) is 11.3 Å². The maximum absolute atomic E-state index is 12.6. The number of hydrogen-bond acceptors (Lipinski definition) is 6. The maximum Gasteiger partial charge on any atom is 0.358 e. The third kappa shape index (κ3) is 3.77. The van der Waals surface area contributed by atoms with Crippen molar-refractivity contribution in [3.8, 4) is 11.4 Å². The summed E-state index contributed by atoms with van der Waals surface area (Å²) in [4.78, 5) is 32.9. The standard InChI is InChI=1S/C21H17ClN4O4/c1-13-20(21(28)29-2)24-18-6-5-16(11-26(13)18)25-8-7-17(9-19(25)27)30-12-15-4-3-14(22)10-23-15/h3-11H,12H2,1-2H3. The highest BCUT2D eigenvalue weighted by molar-refractivity contribution is 6.30. The minimum atomic E-state index is -0.508. The smallest absolute Gasteiger partial charge is 0.358 e. The monoisotopic (exact) mass is 424 g/mol. The van der Waals surface area contributed by atoms with Gasteiger partial charge in [-0.15, -0.1) is 0 Å². The van der Waals surface area contributed by atoms with E-state index in [9.17, 15) is 9.59 Å². The van der Waals surface area contributed by atoms with Crippen LogP contribution in [0.4, 0.5) is 0 Å². The molecule has 0 unspecified atom stereocenters. The van der Waals surface area contributed by atoms with Crippen molar-refractivity contribution in [2.75, 3.05) is 7.11 Å². The Morgan fingerprint density at radius 2 is 2.03 bits per heavy atom. The second-order valence-corrected chi connectivity index (χ2v) is 6.92. The van der Waals surface area contributed by atoms with Gasteiger partial charge in [0.1, 0.15) is 18.0 Å². The Kier molecular flexibility index (Phi) is 5.24. The number of aromatic nitrogens is 4. The van der Waals surface area contributed by atoms with Gasteiger partial charge in [0, 0.05) is 24.7 Å². The molecule has 152 valence electrons. The molecule has 0 aliphatic heterocycles. The molecule has 0 atom stereocenters. The molecule has 4 heterocycles. The minimum absolute atomic E-state index is 0.219. The van der Waals surface area contributed by atoms with Gasteiger partial charge in [0.15, 0.2) is 5.69 Å². The van der Waals surface area contributed by atoms with Gasteiger partial charge in [0.05, 0.1) is 29.2 Å². The van der Waals surface area contributed by atoms with Crippen LogP contribution < -0.4 is 10.3 Å². The first-order chi connectivity index (χ1) is 14.5. The van der Waals surface area contributed by atoms with Gasteiger partial charge >= 0.3 is 5.97 Å². The molecule has 0 fully saturated rings. The predicted molar refractivity (Wildman–Crippen MR) is 110 cm³/mol. The molecule has 4 rings (SSSR count). The first kappa shape index (κ1) is 19.7. The Balaban J connectivity index is 1.60. The lowest BCUT2D eigenvalue weighted by atomic mass is 10.3. The zero-order valence-corrected chi connectivity index (χ0v) is 17.0. The fourth-order valence-corrected chi connectivity index (χ4v) is 3.11. The minimum Gasteiger partial charge on any atom is -0.487 e. The quantitative estimate of drug-likeness (QED) is 0.457. The molecule has 0 spiro atoms. The van der Waals surface area contributed by atoms with Crippen molar-refractivity contribution in [2.45, 2.75) is 13.5 Å². The normalized spacial score (nSPS) is 10.9. The number of fused-ring (bicyclic) bond motifs is 1. The van der Waals surface area contributed by atoms with Crippen LogP contribution in [0.2, 0.25) is 5.02 Å². The van der Waals surface area contributed by atoms with E-state index in [-0.39, 0.29) is 17.9 Å². The van der Waals surface area contributed by atoms with Crippen molar-refractivity contribution in [1.29, 1.82) is 0 Å². The molecule has 30 heavy (non-hydrogen) atoms. The molecule has 0 saturated carbocycles. The molecule has 4 aromatic heterocycles. The van der Waals surface area contributed by atoms with Crippen LogP contribution in [0.3, 0.4) is 0 Å². The van der Waals surface area contributed by atoms with Crippen LogP contribution in [0.15, 0.2) is 59.8 Å². The van der Waals surface area contributed by atoms with E-state index < -0.39 is 5.97 Å². The van der Waals surface area contributed by atoms with Crippen LogP contribution in [-0.2, 0) is 11.3 Å². The Morgan fingerprint density at radius 3 is 2.73 bits per heavy atom. The first-order valence-electron chi connectivity index (χ1n) is 8.99. The van der Waals surface area contributed by atoms with E-state index in [1.54, 1.807) is 54.0 Å². The maximum atomic E-state index is 12.6. The fourth-order valence-electron chi connectivity index (χ4n) is 3.00. The van der Waals surface area contributed by atoms with Gasteiger partial charge in [0.2, 0.25) is 0 Å². The van der Waals surface area contributed by atoms with Crippen molar-refractivity contribution in [3.05, 3.63) is 87.4 Å². The molecule has 0 saturated heterocycles. The molecule has 0 aliphatic carbocycles. The van der Waals surface area contributed by atoms with Crippen LogP contribution >= 0.6 is 11.6 Å².